The number of hydrogen-bond donors (Lipinski definition) is 1. The molecule has 0 atom stereocenters. The molecule has 6 nitrogen and oxygen atoms in total. The summed E-state index contributed by atoms with van der Waals surface area (Å²) in [5, 5.41) is 1.82. The number of carbonyl (C=O) groups is 2. The maximum atomic E-state index is 12.1. The molecule has 0 amide bonds. The number of pyridine rings is 1. The molecule has 24 heavy (non-hydrogen) atoms. The lowest BCUT2D eigenvalue weighted by Gasteiger charge is -2.08. The van der Waals surface area contributed by atoms with Crippen LogP contribution in [0, 0.1) is 6.92 Å². The Morgan fingerprint density at radius 1 is 1.17 bits per heavy atom. The second-order valence-corrected chi connectivity index (χ2v) is 5.49. The van der Waals surface area contributed by atoms with Crippen molar-refractivity contribution in [3.63, 3.8) is 0 Å². The van der Waals surface area contributed by atoms with Crippen LogP contribution >= 0.6 is 0 Å². The number of fused-ring (bicyclic) bond motifs is 3. The van der Waals surface area contributed by atoms with Gasteiger partial charge in [0.25, 0.3) is 0 Å². The van der Waals surface area contributed by atoms with Gasteiger partial charge in [0.2, 0.25) is 0 Å². The molecule has 0 bridgehead atoms. The fraction of sp³-hybridized carbons (Fsp3) is 0.278. The summed E-state index contributed by atoms with van der Waals surface area (Å²) >= 11 is 0. The van der Waals surface area contributed by atoms with Gasteiger partial charge in [-0.2, -0.15) is 0 Å². The number of nitrogens with one attached hydrogen (secondary N) is 1. The number of nitrogens with zero attached hydrogens (tertiary/aromatic N) is 1. The molecule has 1 aromatic carbocycles. The molecule has 0 saturated heterocycles. The van der Waals surface area contributed by atoms with Gasteiger partial charge in [-0.05, 0) is 31.0 Å². The maximum absolute atomic E-state index is 12.1. The lowest BCUT2D eigenvalue weighted by molar-refractivity contribution is -0.142. The minimum atomic E-state index is -0.441. The molecule has 124 valence electrons. The molecule has 1 N–H and O–H groups in total. The number of esters is 2. The quantitative estimate of drug-likeness (QED) is 0.744. The molecule has 0 saturated carbocycles. The Hall–Kier alpha value is -2.89. The number of aryl methyl sites for hydroxylation is 1. The number of H-pyrrole nitrogens is 1. The Morgan fingerprint density at radius 3 is 2.67 bits per heavy atom. The smallest absolute Gasteiger partial charge is 0.357 e. The standard InChI is InChI=1S/C18H18N2O4/c1-4-23-18(22)17-10(2)15-14(8-19-17)20-13-7-5-6-12(16(13)15)9-24-11(3)21/h5-8,20H,4,9H2,1-3H3. The SMILES string of the molecule is CCOC(=O)c1ncc2[nH]c3cccc(COC(C)=O)c3c2c1C. The first-order valence-electron chi connectivity index (χ1n) is 7.72. The van der Waals surface area contributed by atoms with E-state index >= 15 is 0 Å². The molecular formula is C18H18N2O4. The Morgan fingerprint density at radius 2 is 1.96 bits per heavy atom. The summed E-state index contributed by atoms with van der Waals surface area (Å²) in [4.78, 5) is 30.8. The fourth-order valence-corrected chi connectivity index (χ4v) is 2.88. The number of aromatic amines is 1. The molecule has 0 aliphatic heterocycles. The van der Waals surface area contributed by atoms with Crippen LogP contribution in [-0.2, 0) is 20.9 Å². The summed E-state index contributed by atoms with van der Waals surface area (Å²) in [5.74, 6) is -0.777. The third-order valence-electron chi connectivity index (χ3n) is 3.89. The van der Waals surface area contributed by atoms with Crippen LogP contribution in [0.25, 0.3) is 21.8 Å². The van der Waals surface area contributed by atoms with Gasteiger partial charge in [0.15, 0.2) is 5.69 Å². The number of ether oxygens (including phenoxy) is 2. The van der Waals surface area contributed by atoms with Crippen molar-refractivity contribution in [3.8, 4) is 0 Å². The van der Waals surface area contributed by atoms with Gasteiger partial charge in [-0.3, -0.25) is 4.79 Å². The molecule has 2 aromatic heterocycles. The Balaban J connectivity index is 2.23. The third-order valence-corrected chi connectivity index (χ3v) is 3.89. The zero-order chi connectivity index (χ0) is 17.3. The van der Waals surface area contributed by atoms with E-state index in [-0.39, 0.29) is 12.6 Å². The highest BCUT2D eigenvalue weighted by atomic mass is 16.5. The summed E-state index contributed by atoms with van der Waals surface area (Å²) in [6.07, 6.45) is 1.63. The van der Waals surface area contributed by atoms with Crippen molar-refractivity contribution in [2.75, 3.05) is 6.61 Å². The Kier molecular flexibility index (Phi) is 4.20. The van der Waals surface area contributed by atoms with Gasteiger partial charge < -0.3 is 14.5 Å². The molecule has 0 aliphatic carbocycles. The van der Waals surface area contributed by atoms with Crippen LogP contribution < -0.4 is 0 Å². The van der Waals surface area contributed by atoms with E-state index in [4.69, 9.17) is 9.47 Å². The topological polar surface area (TPSA) is 81.3 Å². The summed E-state index contributed by atoms with van der Waals surface area (Å²) in [6.45, 7) is 5.45. The Labute approximate surface area is 138 Å². The number of aromatic nitrogens is 2. The van der Waals surface area contributed by atoms with Crippen LogP contribution in [0.4, 0.5) is 0 Å². The van der Waals surface area contributed by atoms with E-state index in [1.54, 1.807) is 13.1 Å². The van der Waals surface area contributed by atoms with Crippen LogP contribution in [0.3, 0.4) is 0 Å². The number of hydrogen-bond acceptors (Lipinski definition) is 5. The average Bonchev–Trinajstić information content (AvgIpc) is 2.93. The molecule has 3 aromatic rings. The number of benzene rings is 1. The third kappa shape index (κ3) is 2.71. The molecule has 0 fully saturated rings. The molecular weight excluding hydrogens is 308 g/mol. The monoisotopic (exact) mass is 326 g/mol. The molecule has 0 spiro atoms. The maximum Gasteiger partial charge on any atom is 0.357 e. The highest BCUT2D eigenvalue weighted by molar-refractivity contribution is 6.12. The minimum Gasteiger partial charge on any atom is -0.461 e. The van der Waals surface area contributed by atoms with Gasteiger partial charge in [0.1, 0.15) is 6.61 Å². The van der Waals surface area contributed by atoms with Crippen LogP contribution in [0.2, 0.25) is 0 Å². The van der Waals surface area contributed by atoms with E-state index in [2.05, 4.69) is 9.97 Å². The minimum absolute atomic E-state index is 0.177. The van der Waals surface area contributed by atoms with Crippen molar-refractivity contribution in [2.45, 2.75) is 27.4 Å². The average molecular weight is 326 g/mol. The Bertz CT molecular complexity index is 943. The molecule has 0 aliphatic rings. The van der Waals surface area contributed by atoms with Gasteiger partial charge in [-0.1, -0.05) is 12.1 Å². The van der Waals surface area contributed by atoms with Crippen LogP contribution in [0.15, 0.2) is 24.4 Å². The first-order chi connectivity index (χ1) is 11.5. The van der Waals surface area contributed by atoms with Crippen LogP contribution in [0.1, 0.15) is 35.5 Å². The van der Waals surface area contributed by atoms with Gasteiger partial charge in [-0.15, -0.1) is 0 Å². The zero-order valence-corrected chi connectivity index (χ0v) is 13.8. The first kappa shape index (κ1) is 16.0. The predicted molar refractivity (Wildman–Crippen MR) is 89.8 cm³/mol. The van der Waals surface area contributed by atoms with Crippen molar-refractivity contribution in [3.05, 3.63) is 41.2 Å². The molecule has 0 radical (unpaired) electrons. The van der Waals surface area contributed by atoms with E-state index in [9.17, 15) is 9.59 Å². The van der Waals surface area contributed by atoms with Crippen LogP contribution in [-0.4, -0.2) is 28.5 Å². The van der Waals surface area contributed by atoms with Gasteiger partial charge >= 0.3 is 11.9 Å². The van der Waals surface area contributed by atoms with Crippen molar-refractivity contribution in [2.24, 2.45) is 0 Å². The second-order valence-electron chi connectivity index (χ2n) is 5.49. The normalized spacial score (nSPS) is 11.0. The van der Waals surface area contributed by atoms with Crippen LogP contribution in [0.5, 0.6) is 0 Å². The zero-order valence-electron chi connectivity index (χ0n) is 13.8. The van der Waals surface area contributed by atoms with Crippen molar-refractivity contribution in [1.29, 1.82) is 0 Å². The predicted octanol–water partition coefficient (Wildman–Crippen LogP) is 3.26. The van der Waals surface area contributed by atoms with E-state index in [0.717, 1.165) is 32.9 Å². The fourth-order valence-electron chi connectivity index (χ4n) is 2.88. The van der Waals surface area contributed by atoms with Crippen molar-refractivity contribution < 1.29 is 19.1 Å². The van der Waals surface area contributed by atoms with E-state index in [0.29, 0.717) is 12.3 Å². The van der Waals surface area contributed by atoms with Gasteiger partial charge in [0, 0.05) is 23.2 Å². The lowest BCUT2D eigenvalue weighted by atomic mass is 10.0. The van der Waals surface area contributed by atoms with E-state index in [1.165, 1.54) is 6.92 Å². The molecule has 2 heterocycles. The van der Waals surface area contributed by atoms with Crippen molar-refractivity contribution >= 4 is 33.7 Å². The summed E-state index contributed by atoms with van der Waals surface area (Å²) < 4.78 is 10.2. The van der Waals surface area contributed by atoms with Crippen molar-refractivity contribution in [1.82, 2.24) is 9.97 Å². The highest BCUT2D eigenvalue weighted by Gasteiger charge is 2.18. The largest absolute Gasteiger partial charge is 0.461 e. The van der Waals surface area contributed by atoms with E-state index in [1.807, 2.05) is 25.1 Å². The van der Waals surface area contributed by atoms with E-state index < -0.39 is 5.97 Å². The summed E-state index contributed by atoms with van der Waals surface area (Å²) in [5.41, 5.74) is 3.64. The first-order valence-corrected chi connectivity index (χ1v) is 7.72. The second kappa shape index (κ2) is 6.31. The molecule has 0 unspecified atom stereocenters. The summed E-state index contributed by atoms with van der Waals surface area (Å²) in [7, 11) is 0. The highest BCUT2D eigenvalue weighted by Crippen LogP contribution is 2.32. The van der Waals surface area contributed by atoms with Gasteiger partial charge in [0.05, 0.1) is 18.3 Å². The number of carbonyl (C=O) groups excluding carboxylic acids is 2. The molecule has 3 rings (SSSR count). The number of rotatable bonds is 4. The summed E-state index contributed by atoms with van der Waals surface area (Å²) in [6, 6.07) is 5.74. The van der Waals surface area contributed by atoms with Gasteiger partial charge in [-0.25, -0.2) is 9.78 Å². The lowest BCUT2D eigenvalue weighted by Crippen LogP contribution is -2.09. The molecule has 6 heteroatoms.